The number of ether oxygens (including phenoxy) is 2. The van der Waals surface area contributed by atoms with Gasteiger partial charge in [0.25, 0.3) is 0 Å². The molecular weight excluding hydrogens is 442 g/mol. The number of likely N-dealkylation sites (tertiary alicyclic amines) is 1. The van der Waals surface area contributed by atoms with Crippen molar-refractivity contribution in [3.63, 3.8) is 0 Å². The highest BCUT2D eigenvalue weighted by molar-refractivity contribution is 6.32. The predicted molar refractivity (Wildman–Crippen MR) is 126 cm³/mol. The van der Waals surface area contributed by atoms with Gasteiger partial charge in [0.1, 0.15) is 5.82 Å². The zero-order valence-electron chi connectivity index (χ0n) is 18.6. The van der Waals surface area contributed by atoms with E-state index < -0.39 is 6.10 Å². The van der Waals surface area contributed by atoms with Gasteiger partial charge in [-0.25, -0.2) is 4.98 Å². The van der Waals surface area contributed by atoms with Crippen LogP contribution in [0.25, 0.3) is 10.8 Å². The van der Waals surface area contributed by atoms with E-state index in [1.807, 2.05) is 12.1 Å². The zero-order valence-corrected chi connectivity index (χ0v) is 19.4. The monoisotopic (exact) mass is 471 g/mol. The molecule has 8 heteroatoms. The Hall–Kier alpha value is -1.77. The van der Waals surface area contributed by atoms with E-state index in [4.69, 9.17) is 21.1 Å². The van der Waals surface area contributed by atoms with Gasteiger partial charge in [0, 0.05) is 34.5 Å². The summed E-state index contributed by atoms with van der Waals surface area (Å²) >= 11 is 6.68. The first-order valence-electron chi connectivity index (χ1n) is 12.0. The van der Waals surface area contributed by atoms with Crippen LogP contribution >= 0.6 is 11.6 Å². The Morgan fingerprint density at radius 3 is 2.76 bits per heavy atom. The fraction of sp³-hybridized carbons (Fsp3) is 0.600. The van der Waals surface area contributed by atoms with Crippen molar-refractivity contribution in [2.45, 2.75) is 43.7 Å². The molecule has 4 unspecified atom stereocenters. The SMILES string of the molecule is O=C(Nc1cc2cc(C3CCN(C4COCC4O)CC3)c(Cl)cc2cn1)C1CC12CCOC2. The second kappa shape index (κ2) is 8.47. The van der Waals surface area contributed by atoms with Crippen LogP contribution in [-0.2, 0) is 14.3 Å². The number of benzene rings is 1. The van der Waals surface area contributed by atoms with Gasteiger partial charge in [0.15, 0.2) is 0 Å². The average molecular weight is 472 g/mol. The molecule has 1 aromatic carbocycles. The number of piperidine rings is 1. The quantitative estimate of drug-likeness (QED) is 0.712. The topological polar surface area (TPSA) is 83.9 Å². The van der Waals surface area contributed by atoms with Crippen molar-refractivity contribution in [3.8, 4) is 0 Å². The van der Waals surface area contributed by atoms with Crippen LogP contribution in [0.3, 0.4) is 0 Å². The number of hydrogen-bond donors (Lipinski definition) is 2. The largest absolute Gasteiger partial charge is 0.389 e. The summed E-state index contributed by atoms with van der Waals surface area (Å²) in [7, 11) is 0. The molecule has 2 aromatic rings. The number of nitrogens with zero attached hydrogens (tertiary/aromatic N) is 2. The molecule has 3 aliphatic heterocycles. The fourth-order valence-electron chi connectivity index (χ4n) is 5.98. The summed E-state index contributed by atoms with van der Waals surface area (Å²) in [6, 6.07) is 6.20. The summed E-state index contributed by atoms with van der Waals surface area (Å²) in [4.78, 5) is 19.5. The zero-order chi connectivity index (χ0) is 22.6. The first-order valence-corrected chi connectivity index (χ1v) is 12.4. The van der Waals surface area contributed by atoms with E-state index in [-0.39, 0.29) is 23.3 Å². The molecule has 4 fully saturated rings. The minimum atomic E-state index is -0.390. The Balaban J connectivity index is 1.16. The van der Waals surface area contributed by atoms with E-state index in [0.29, 0.717) is 31.6 Å². The number of pyridine rings is 1. The summed E-state index contributed by atoms with van der Waals surface area (Å²) in [6.45, 7) is 4.35. The van der Waals surface area contributed by atoms with Crippen LogP contribution in [0.15, 0.2) is 24.4 Å². The minimum Gasteiger partial charge on any atom is -0.389 e. The van der Waals surface area contributed by atoms with Crippen LogP contribution in [0.4, 0.5) is 5.82 Å². The lowest BCUT2D eigenvalue weighted by Gasteiger charge is -2.36. The number of rotatable bonds is 4. The Morgan fingerprint density at radius 1 is 1.18 bits per heavy atom. The number of amides is 1. The van der Waals surface area contributed by atoms with Crippen LogP contribution in [0.5, 0.6) is 0 Å². The molecule has 33 heavy (non-hydrogen) atoms. The van der Waals surface area contributed by atoms with Gasteiger partial charge >= 0.3 is 0 Å². The van der Waals surface area contributed by atoms with Gasteiger partial charge in [-0.2, -0.15) is 0 Å². The lowest BCUT2D eigenvalue weighted by atomic mass is 9.87. The molecule has 1 aliphatic carbocycles. The number of carbonyl (C=O) groups is 1. The van der Waals surface area contributed by atoms with Crippen molar-refractivity contribution in [1.29, 1.82) is 0 Å². The smallest absolute Gasteiger partial charge is 0.229 e. The molecule has 4 atom stereocenters. The third kappa shape index (κ3) is 4.04. The van der Waals surface area contributed by atoms with Crippen LogP contribution in [0.2, 0.25) is 5.02 Å². The van der Waals surface area contributed by atoms with E-state index in [2.05, 4.69) is 21.3 Å². The predicted octanol–water partition coefficient (Wildman–Crippen LogP) is 3.19. The van der Waals surface area contributed by atoms with Gasteiger partial charge in [0.05, 0.1) is 32.0 Å². The number of aliphatic hydroxyl groups excluding tert-OH is 1. The van der Waals surface area contributed by atoms with E-state index >= 15 is 0 Å². The summed E-state index contributed by atoms with van der Waals surface area (Å²) in [6.07, 6.45) is 5.27. The Bertz CT molecular complexity index is 1070. The molecule has 0 radical (unpaired) electrons. The first-order chi connectivity index (χ1) is 16.0. The molecule has 4 aliphatic rings. The second-order valence-electron chi connectivity index (χ2n) is 10.2. The van der Waals surface area contributed by atoms with Crippen molar-refractivity contribution >= 4 is 34.1 Å². The Kier molecular flexibility index (Phi) is 5.58. The molecule has 3 saturated heterocycles. The standard InChI is InChI=1S/C25H30ClN3O4/c26-20-8-17-11-27-23(28-24(31)19-10-25(19)3-6-32-14-25)9-16(17)7-18(20)15-1-4-29(5-2-15)21-12-33-13-22(21)30/h7-9,11,15,19,21-22,30H,1-6,10,12-14H2,(H,27,28,31). The first kappa shape index (κ1) is 21.7. The fourth-order valence-corrected chi connectivity index (χ4v) is 6.30. The molecule has 6 rings (SSSR count). The van der Waals surface area contributed by atoms with E-state index in [0.717, 1.165) is 66.7 Å². The molecule has 4 heterocycles. The maximum Gasteiger partial charge on any atom is 0.229 e. The van der Waals surface area contributed by atoms with Crippen molar-refractivity contribution in [1.82, 2.24) is 9.88 Å². The van der Waals surface area contributed by atoms with Gasteiger partial charge in [-0.1, -0.05) is 11.6 Å². The lowest BCUT2D eigenvalue weighted by molar-refractivity contribution is -0.118. The Labute approximate surface area is 198 Å². The van der Waals surface area contributed by atoms with Crippen molar-refractivity contribution in [3.05, 3.63) is 35.0 Å². The highest BCUT2D eigenvalue weighted by Crippen LogP contribution is 2.58. The number of halogens is 1. The van der Waals surface area contributed by atoms with Crippen LogP contribution in [0.1, 0.15) is 37.2 Å². The van der Waals surface area contributed by atoms with Gasteiger partial charge in [-0.3, -0.25) is 9.69 Å². The number of hydrogen-bond acceptors (Lipinski definition) is 6. The molecule has 0 bridgehead atoms. The third-order valence-electron chi connectivity index (χ3n) is 8.19. The van der Waals surface area contributed by atoms with Gasteiger partial charge in [-0.15, -0.1) is 0 Å². The van der Waals surface area contributed by atoms with E-state index in [1.54, 1.807) is 6.20 Å². The number of fused-ring (bicyclic) bond motifs is 1. The molecule has 2 N–H and O–H groups in total. The molecule has 1 amide bonds. The molecule has 1 saturated carbocycles. The van der Waals surface area contributed by atoms with Crippen molar-refractivity contribution < 1.29 is 19.4 Å². The normalized spacial score (nSPS) is 32.6. The maximum absolute atomic E-state index is 12.7. The summed E-state index contributed by atoms with van der Waals surface area (Å²) < 4.78 is 10.9. The van der Waals surface area contributed by atoms with Crippen LogP contribution in [-0.4, -0.2) is 72.6 Å². The van der Waals surface area contributed by atoms with Gasteiger partial charge in [0.2, 0.25) is 5.91 Å². The number of aromatic nitrogens is 1. The number of carbonyl (C=O) groups excluding carboxylic acids is 1. The number of aliphatic hydroxyl groups is 1. The summed E-state index contributed by atoms with van der Waals surface area (Å²) in [5.41, 5.74) is 1.22. The number of nitrogens with one attached hydrogen (secondary N) is 1. The highest BCUT2D eigenvalue weighted by Gasteiger charge is 2.59. The van der Waals surface area contributed by atoms with E-state index in [1.165, 1.54) is 0 Å². The molecule has 1 aromatic heterocycles. The molecular formula is C25H30ClN3O4. The van der Waals surface area contributed by atoms with Crippen LogP contribution < -0.4 is 5.32 Å². The summed E-state index contributed by atoms with van der Waals surface area (Å²) in [5.74, 6) is 1.04. The second-order valence-corrected chi connectivity index (χ2v) is 10.6. The highest BCUT2D eigenvalue weighted by atomic mass is 35.5. The maximum atomic E-state index is 12.7. The van der Waals surface area contributed by atoms with E-state index in [9.17, 15) is 9.90 Å². The molecule has 1 spiro atoms. The summed E-state index contributed by atoms with van der Waals surface area (Å²) in [5, 5.41) is 15.9. The Morgan fingerprint density at radius 2 is 2.03 bits per heavy atom. The van der Waals surface area contributed by atoms with Gasteiger partial charge < -0.3 is 19.9 Å². The molecule has 176 valence electrons. The van der Waals surface area contributed by atoms with Crippen LogP contribution in [0, 0.1) is 11.3 Å². The minimum absolute atomic E-state index is 0.0345. The third-order valence-corrected chi connectivity index (χ3v) is 8.52. The van der Waals surface area contributed by atoms with Crippen molar-refractivity contribution in [2.75, 3.05) is 44.8 Å². The average Bonchev–Trinajstić information content (AvgIpc) is 3.09. The lowest BCUT2D eigenvalue weighted by Crippen LogP contribution is -2.46. The van der Waals surface area contributed by atoms with Gasteiger partial charge in [-0.05, 0) is 73.8 Å². The van der Waals surface area contributed by atoms with Crippen molar-refractivity contribution in [2.24, 2.45) is 11.3 Å². The molecule has 7 nitrogen and oxygen atoms in total. The number of anilines is 1.